The predicted molar refractivity (Wildman–Crippen MR) is 142 cm³/mol. The lowest BCUT2D eigenvalue weighted by Crippen LogP contribution is -2.43. The van der Waals surface area contributed by atoms with E-state index in [1.807, 2.05) is 31.2 Å². The van der Waals surface area contributed by atoms with Crippen molar-refractivity contribution in [3.05, 3.63) is 46.7 Å². The van der Waals surface area contributed by atoms with Crippen LogP contribution in [0.2, 0.25) is 0 Å². The largest absolute Gasteiger partial charge is 0.493 e. The van der Waals surface area contributed by atoms with Crippen LogP contribution in [0.25, 0.3) is 0 Å². The molecular weight excluding hydrogens is 539 g/mol. The summed E-state index contributed by atoms with van der Waals surface area (Å²) in [5.74, 6) is 2.28. The van der Waals surface area contributed by atoms with Crippen LogP contribution in [0.1, 0.15) is 24.8 Å². The van der Waals surface area contributed by atoms with Crippen LogP contribution in [0.4, 0.5) is 0 Å². The number of nitrogens with zero attached hydrogens (tertiary/aromatic N) is 2. The van der Waals surface area contributed by atoms with E-state index in [4.69, 9.17) is 19.2 Å². The summed E-state index contributed by atoms with van der Waals surface area (Å²) in [7, 11) is 1.65. The number of nitrogens with one attached hydrogen (secondary N) is 2. The Hall–Kier alpha value is -1.56. The average Bonchev–Trinajstić information content (AvgIpc) is 3.33. The topological polar surface area (TPSA) is 67.4 Å². The Labute approximate surface area is 212 Å². The quantitative estimate of drug-likeness (QED) is 0.256. The minimum atomic E-state index is -0.0486. The molecule has 2 aromatic rings. The smallest absolute Gasteiger partial charge is 0.191 e. The normalized spacial score (nSPS) is 16.5. The average molecular weight is 575 g/mol. The molecule has 0 radical (unpaired) electrons. The van der Waals surface area contributed by atoms with Gasteiger partial charge in [0, 0.05) is 24.5 Å². The van der Waals surface area contributed by atoms with Crippen LogP contribution in [0.3, 0.4) is 0 Å². The van der Waals surface area contributed by atoms with Crippen molar-refractivity contribution in [2.45, 2.75) is 26.0 Å². The van der Waals surface area contributed by atoms with Gasteiger partial charge in [0.25, 0.3) is 0 Å². The first-order valence-corrected chi connectivity index (χ1v) is 11.8. The monoisotopic (exact) mass is 574 g/mol. The van der Waals surface area contributed by atoms with Crippen molar-refractivity contribution >= 4 is 41.3 Å². The Kier molecular flexibility index (Phi) is 12.1. The number of hydrogen-bond donors (Lipinski definition) is 2. The highest BCUT2D eigenvalue weighted by Crippen LogP contribution is 2.27. The molecule has 1 aliphatic rings. The molecule has 1 aromatic carbocycles. The van der Waals surface area contributed by atoms with Gasteiger partial charge >= 0.3 is 0 Å². The highest BCUT2D eigenvalue weighted by molar-refractivity contribution is 14.0. The van der Waals surface area contributed by atoms with Crippen LogP contribution < -0.4 is 20.1 Å². The van der Waals surface area contributed by atoms with Gasteiger partial charge in [0.1, 0.15) is 6.10 Å². The molecule has 9 heteroatoms. The molecule has 178 valence electrons. The molecule has 0 amide bonds. The number of methoxy groups -OCH3 is 1. The summed E-state index contributed by atoms with van der Waals surface area (Å²) in [6.07, 6.45) is -0.0486. The molecule has 1 fully saturated rings. The zero-order chi connectivity index (χ0) is 21.9. The molecule has 7 nitrogen and oxygen atoms in total. The summed E-state index contributed by atoms with van der Waals surface area (Å²) in [4.78, 5) is 8.71. The van der Waals surface area contributed by atoms with Gasteiger partial charge in [-0.3, -0.25) is 9.89 Å². The second-order valence-electron chi connectivity index (χ2n) is 7.36. The molecule has 2 unspecified atom stereocenters. The van der Waals surface area contributed by atoms with Gasteiger partial charge in [-0.15, -0.1) is 35.3 Å². The fourth-order valence-electron chi connectivity index (χ4n) is 3.49. The van der Waals surface area contributed by atoms with Crippen molar-refractivity contribution in [3.8, 4) is 11.5 Å². The van der Waals surface area contributed by atoms with E-state index in [1.54, 1.807) is 18.4 Å². The molecule has 0 spiro atoms. The molecule has 32 heavy (non-hydrogen) atoms. The summed E-state index contributed by atoms with van der Waals surface area (Å²) in [5, 5.41) is 8.89. The third-order valence-corrected chi connectivity index (χ3v) is 6.05. The van der Waals surface area contributed by atoms with Crippen molar-refractivity contribution < 1.29 is 14.2 Å². The minimum absolute atomic E-state index is 0. The molecule has 2 heterocycles. The first-order valence-electron chi connectivity index (χ1n) is 10.9. The molecular formula is C23H35IN4O3S. The van der Waals surface area contributed by atoms with Crippen LogP contribution in [0, 0.1) is 0 Å². The van der Waals surface area contributed by atoms with E-state index in [9.17, 15) is 0 Å². The zero-order valence-corrected chi connectivity index (χ0v) is 22.2. The Bertz CT molecular complexity index is 800. The van der Waals surface area contributed by atoms with E-state index < -0.39 is 0 Å². The number of thiophene rings is 1. The maximum atomic E-state index is 6.05. The third-order valence-electron chi connectivity index (χ3n) is 5.08. The third kappa shape index (κ3) is 8.09. The van der Waals surface area contributed by atoms with E-state index in [2.05, 4.69) is 40.0 Å². The zero-order valence-electron chi connectivity index (χ0n) is 19.1. The molecule has 3 rings (SSSR count). The van der Waals surface area contributed by atoms with Gasteiger partial charge in [0.15, 0.2) is 17.5 Å². The number of hydrogen-bond acceptors (Lipinski definition) is 6. The van der Waals surface area contributed by atoms with Gasteiger partial charge in [0.05, 0.1) is 39.5 Å². The number of aliphatic imine (C=N–C) groups is 1. The van der Waals surface area contributed by atoms with Crippen LogP contribution in [0.5, 0.6) is 11.5 Å². The van der Waals surface area contributed by atoms with Gasteiger partial charge < -0.3 is 24.8 Å². The Morgan fingerprint density at radius 1 is 1.16 bits per heavy atom. The van der Waals surface area contributed by atoms with Gasteiger partial charge in [-0.1, -0.05) is 18.2 Å². The van der Waals surface area contributed by atoms with Crippen molar-refractivity contribution in [2.24, 2.45) is 4.99 Å². The first kappa shape index (κ1) is 26.7. The van der Waals surface area contributed by atoms with E-state index in [0.717, 1.165) is 50.3 Å². The highest BCUT2D eigenvalue weighted by Gasteiger charge is 2.23. The molecule has 0 saturated carbocycles. The minimum Gasteiger partial charge on any atom is -0.493 e. The van der Waals surface area contributed by atoms with Crippen molar-refractivity contribution in [1.29, 1.82) is 0 Å². The summed E-state index contributed by atoms with van der Waals surface area (Å²) in [5.41, 5.74) is 0. The number of morpholine rings is 1. The second-order valence-corrected chi connectivity index (χ2v) is 8.34. The molecule has 0 bridgehead atoms. The predicted octanol–water partition coefficient (Wildman–Crippen LogP) is 3.77. The second kappa shape index (κ2) is 14.6. The molecule has 1 saturated heterocycles. The van der Waals surface area contributed by atoms with Gasteiger partial charge in [-0.2, -0.15) is 0 Å². The summed E-state index contributed by atoms with van der Waals surface area (Å²) >= 11 is 1.79. The molecule has 0 aliphatic carbocycles. The number of rotatable bonds is 10. The van der Waals surface area contributed by atoms with Crippen LogP contribution in [-0.2, 0) is 4.74 Å². The SMILES string of the molecule is CCNC(=NCC(c1cccs1)N1CCOCC1)NCC(C)Oc1ccccc1OC.I. The Morgan fingerprint density at radius 2 is 1.91 bits per heavy atom. The van der Waals surface area contributed by atoms with Gasteiger partial charge in [-0.25, -0.2) is 0 Å². The summed E-state index contributed by atoms with van der Waals surface area (Å²) in [6, 6.07) is 12.3. The van der Waals surface area contributed by atoms with Crippen LogP contribution >= 0.6 is 35.3 Å². The Morgan fingerprint density at radius 3 is 2.56 bits per heavy atom. The first-order chi connectivity index (χ1) is 15.2. The van der Waals surface area contributed by atoms with Crippen molar-refractivity contribution in [2.75, 3.05) is 53.0 Å². The van der Waals surface area contributed by atoms with E-state index in [1.165, 1.54) is 4.88 Å². The number of halogens is 1. The summed E-state index contributed by atoms with van der Waals surface area (Å²) in [6.45, 7) is 9.66. The van der Waals surface area contributed by atoms with E-state index >= 15 is 0 Å². The van der Waals surface area contributed by atoms with Crippen LogP contribution in [-0.4, -0.2) is 70.0 Å². The maximum Gasteiger partial charge on any atom is 0.191 e. The lowest BCUT2D eigenvalue weighted by molar-refractivity contribution is 0.0186. The lowest BCUT2D eigenvalue weighted by atomic mass is 10.2. The van der Waals surface area contributed by atoms with Gasteiger partial charge in [0.2, 0.25) is 0 Å². The molecule has 1 aromatic heterocycles. The van der Waals surface area contributed by atoms with Crippen molar-refractivity contribution in [3.63, 3.8) is 0 Å². The van der Waals surface area contributed by atoms with Crippen molar-refractivity contribution in [1.82, 2.24) is 15.5 Å². The number of ether oxygens (including phenoxy) is 3. The fourth-order valence-corrected chi connectivity index (χ4v) is 4.34. The fraction of sp³-hybridized carbons (Fsp3) is 0.522. The molecule has 1 aliphatic heterocycles. The number of para-hydroxylation sites is 2. The highest BCUT2D eigenvalue weighted by atomic mass is 127. The standard InChI is InChI=1S/C23H34N4O3S.HI/c1-4-24-23(25-16-18(2)30-21-9-6-5-8-20(21)28-3)26-17-19(22-10-7-15-31-22)27-11-13-29-14-12-27;/h5-10,15,18-19H,4,11-14,16-17H2,1-3H3,(H2,24,25,26);1H. The van der Waals surface area contributed by atoms with E-state index in [0.29, 0.717) is 13.1 Å². The van der Waals surface area contributed by atoms with Crippen LogP contribution in [0.15, 0.2) is 46.8 Å². The molecule has 2 atom stereocenters. The molecule has 2 N–H and O–H groups in total. The number of guanidine groups is 1. The number of benzene rings is 1. The van der Waals surface area contributed by atoms with E-state index in [-0.39, 0.29) is 36.1 Å². The van der Waals surface area contributed by atoms with Gasteiger partial charge in [-0.05, 0) is 37.4 Å². The lowest BCUT2D eigenvalue weighted by Gasteiger charge is -2.33. The maximum absolute atomic E-state index is 6.05. The Balaban J connectivity index is 0.00000363. The summed E-state index contributed by atoms with van der Waals surface area (Å²) < 4.78 is 17.0.